The van der Waals surface area contributed by atoms with Crippen LogP contribution >= 0.6 is 0 Å². The van der Waals surface area contributed by atoms with Crippen molar-refractivity contribution >= 4 is 17.8 Å². The number of imide groups is 1. The Morgan fingerprint density at radius 3 is 2.30 bits per heavy atom. The number of carbonyl (C=O) groups excluding carboxylic acids is 3. The van der Waals surface area contributed by atoms with Crippen LogP contribution < -0.4 is 10.6 Å². The molecular formula is C19H22N4O4. The molecule has 8 heteroatoms. The summed E-state index contributed by atoms with van der Waals surface area (Å²) >= 11 is 0. The van der Waals surface area contributed by atoms with E-state index in [9.17, 15) is 14.4 Å². The first-order valence-corrected chi connectivity index (χ1v) is 8.74. The van der Waals surface area contributed by atoms with Crippen molar-refractivity contribution in [1.82, 2.24) is 20.4 Å². The van der Waals surface area contributed by atoms with Crippen LogP contribution in [0.25, 0.3) is 0 Å². The second kappa shape index (κ2) is 8.50. The van der Waals surface area contributed by atoms with Gasteiger partial charge in [0.1, 0.15) is 6.04 Å². The molecule has 1 fully saturated rings. The molecule has 1 aliphatic heterocycles. The highest BCUT2D eigenvalue weighted by Gasteiger charge is 2.32. The molecule has 3 rings (SSSR count). The largest absolute Gasteiger partial charge is 0.459 e. The average Bonchev–Trinajstić information content (AvgIpc) is 3.23. The first-order valence-electron chi connectivity index (χ1n) is 8.74. The summed E-state index contributed by atoms with van der Waals surface area (Å²) in [5.41, 5.74) is 0.796. The second-order valence-electron chi connectivity index (χ2n) is 6.19. The van der Waals surface area contributed by atoms with Crippen LogP contribution in [0.5, 0.6) is 0 Å². The minimum absolute atomic E-state index is 0.161. The van der Waals surface area contributed by atoms with Crippen molar-refractivity contribution in [3.63, 3.8) is 0 Å². The first kappa shape index (κ1) is 18.7. The van der Waals surface area contributed by atoms with Crippen LogP contribution in [0.1, 0.15) is 22.2 Å². The van der Waals surface area contributed by atoms with Crippen molar-refractivity contribution in [3.8, 4) is 0 Å². The van der Waals surface area contributed by atoms with Gasteiger partial charge in [-0.2, -0.15) is 0 Å². The molecule has 4 amide bonds. The number of urea groups is 1. The van der Waals surface area contributed by atoms with Crippen molar-refractivity contribution < 1.29 is 18.8 Å². The topological polar surface area (TPSA) is 94.9 Å². The van der Waals surface area contributed by atoms with Crippen LogP contribution in [-0.2, 0) is 4.79 Å². The van der Waals surface area contributed by atoms with E-state index in [1.54, 1.807) is 17.0 Å². The van der Waals surface area contributed by atoms with Crippen LogP contribution in [0.3, 0.4) is 0 Å². The number of rotatable bonds is 4. The molecule has 142 valence electrons. The highest BCUT2D eigenvalue weighted by Crippen LogP contribution is 2.23. The van der Waals surface area contributed by atoms with E-state index in [1.807, 2.05) is 35.2 Å². The number of amides is 4. The third-order valence-electron chi connectivity index (χ3n) is 4.53. The first-order chi connectivity index (χ1) is 13.1. The molecule has 0 aliphatic carbocycles. The minimum Gasteiger partial charge on any atom is -0.459 e. The summed E-state index contributed by atoms with van der Waals surface area (Å²) in [4.78, 5) is 40.4. The molecule has 8 nitrogen and oxygen atoms in total. The normalized spacial score (nSPS) is 15.8. The molecule has 0 bridgehead atoms. The molecule has 1 saturated heterocycles. The number of nitrogens with one attached hydrogen (secondary N) is 2. The fourth-order valence-corrected chi connectivity index (χ4v) is 3.15. The maximum Gasteiger partial charge on any atom is 0.321 e. The van der Waals surface area contributed by atoms with E-state index in [4.69, 9.17) is 4.42 Å². The molecule has 1 atom stereocenters. The summed E-state index contributed by atoms with van der Waals surface area (Å²) in [5, 5.41) is 4.75. The fourth-order valence-electron chi connectivity index (χ4n) is 3.15. The van der Waals surface area contributed by atoms with Crippen molar-refractivity contribution in [2.45, 2.75) is 6.04 Å². The summed E-state index contributed by atoms with van der Waals surface area (Å²) in [5.74, 6) is -0.252. The lowest BCUT2D eigenvalue weighted by Gasteiger charge is -2.38. The summed E-state index contributed by atoms with van der Waals surface area (Å²) < 4.78 is 5.17. The molecule has 1 aromatic carbocycles. The maximum absolute atomic E-state index is 12.7. The van der Waals surface area contributed by atoms with Crippen molar-refractivity contribution in [2.24, 2.45) is 0 Å². The number of piperazine rings is 1. The average molecular weight is 370 g/mol. The third-order valence-corrected chi connectivity index (χ3v) is 4.53. The van der Waals surface area contributed by atoms with Gasteiger partial charge in [0, 0.05) is 33.2 Å². The molecule has 27 heavy (non-hydrogen) atoms. The van der Waals surface area contributed by atoms with E-state index in [1.165, 1.54) is 13.3 Å². The highest BCUT2D eigenvalue weighted by atomic mass is 16.3. The lowest BCUT2D eigenvalue weighted by atomic mass is 10.0. The molecule has 2 heterocycles. The van der Waals surface area contributed by atoms with Gasteiger partial charge in [0.15, 0.2) is 5.76 Å². The van der Waals surface area contributed by atoms with Gasteiger partial charge in [0.05, 0.1) is 6.26 Å². The zero-order chi connectivity index (χ0) is 19.2. The third kappa shape index (κ3) is 4.35. The molecular weight excluding hydrogens is 348 g/mol. The number of carbonyl (C=O) groups is 3. The molecule has 0 spiro atoms. The van der Waals surface area contributed by atoms with Gasteiger partial charge >= 0.3 is 6.03 Å². The summed E-state index contributed by atoms with van der Waals surface area (Å²) in [6.45, 7) is 1.95. The molecule has 1 aliphatic rings. The Balaban J connectivity index is 1.71. The molecule has 0 saturated carbocycles. The molecule has 2 aromatic rings. The number of hydrogen-bond donors (Lipinski definition) is 2. The maximum atomic E-state index is 12.7. The Labute approximate surface area is 157 Å². The molecule has 2 N–H and O–H groups in total. The number of furan rings is 1. The Hall–Kier alpha value is -3.13. The monoisotopic (exact) mass is 370 g/mol. The van der Waals surface area contributed by atoms with Gasteiger partial charge in [0.25, 0.3) is 5.91 Å². The van der Waals surface area contributed by atoms with Gasteiger partial charge in [-0.05, 0) is 17.7 Å². The summed E-state index contributed by atoms with van der Waals surface area (Å²) in [7, 11) is 1.46. The van der Waals surface area contributed by atoms with E-state index in [0.29, 0.717) is 31.9 Å². The SMILES string of the molecule is CNC(=O)NC(=O)[C@H](c1ccccc1)N1CCN(C(=O)c2ccco2)CC1. The van der Waals surface area contributed by atoms with E-state index in [0.717, 1.165) is 5.56 Å². The zero-order valence-corrected chi connectivity index (χ0v) is 15.1. The fraction of sp³-hybridized carbons (Fsp3) is 0.316. The van der Waals surface area contributed by atoms with Crippen LogP contribution in [-0.4, -0.2) is 60.9 Å². The minimum atomic E-state index is -0.607. The standard InChI is InChI=1S/C19H22N4O4/c1-20-19(26)21-17(24)16(14-6-3-2-4-7-14)22-9-11-23(12-10-22)18(25)15-8-5-13-27-15/h2-8,13,16H,9-12H2,1H3,(H2,20,21,24,26)/t16-/m0/s1. The van der Waals surface area contributed by atoms with E-state index in [2.05, 4.69) is 10.6 Å². The van der Waals surface area contributed by atoms with Crippen LogP contribution in [0.4, 0.5) is 4.79 Å². The van der Waals surface area contributed by atoms with Crippen LogP contribution in [0.2, 0.25) is 0 Å². The highest BCUT2D eigenvalue weighted by molar-refractivity contribution is 5.97. The number of benzene rings is 1. The predicted molar refractivity (Wildman–Crippen MR) is 98.0 cm³/mol. The number of hydrogen-bond acceptors (Lipinski definition) is 5. The quantitative estimate of drug-likeness (QED) is 0.844. The zero-order valence-electron chi connectivity index (χ0n) is 15.1. The molecule has 0 radical (unpaired) electrons. The lowest BCUT2D eigenvalue weighted by molar-refractivity contribution is -0.126. The van der Waals surface area contributed by atoms with Gasteiger partial charge in [-0.3, -0.25) is 19.8 Å². The van der Waals surface area contributed by atoms with Gasteiger partial charge in [-0.1, -0.05) is 30.3 Å². The van der Waals surface area contributed by atoms with Crippen molar-refractivity contribution in [3.05, 3.63) is 60.1 Å². The summed E-state index contributed by atoms with van der Waals surface area (Å²) in [6.07, 6.45) is 1.47. The van der Waals surface area contributed by atoms with Gasteiger partial charge in [-0.25, -0.2) is 4.79 Å². The Morgan fingerprint density at radius 2 is 1.70 bits per heavy atom. The van der Waals surface area contributed by atoms with Gasteiger partial charge < -0.3 is 14.6 Å². The van der Waals surface area contributed by atoms with Crippen molar-refractivity contribution in [1.29, 1.82) is 0 Å². The smallest absolute Gasteiger partial charge is 0.321 e. The van der Waals surface area contributed by atoms with Gasteiger partial charge in [-0.15, -0.1) is 0 Å². The van der Waals surface area contributed by atoms with E-state index >= 15 is 0 Å². The van der Waals surface area contributed by atoms with E-state index < -0.39 is 18.0 Å². The van der Waals surface area contributed by atoms with E-state index in [-0.39, 0.29) is 5.91 Å². The van der Waals surface area contributed by atoms with Gasteiger partial charge in [0.2, 0.25) is 5.91 Å². The van der Waals surface area contributed by atoms with Crippen LogP contribution in [0, 0.1) is 0 Å². The predicted octanol–water partition coefficient (Wildman–Crippen LogP) is 1.23. The van der Waals surface area contributed by atoms with Crippen LogP contribution in [0.15, 0.2) is 53.1 Å². The Kier molecular flexibility index (Phi) is 5.87. The number of nitrogens with zero attached hydrogens (tertiary/aromatic N) is 2. The molecule has 1 aromatic heterocycles. The lowest BCUT2D eigenvalue weighted by Crippen LogP contribution is -2.53. The summed E-state index contributed by atoms with van der Waals surface area (Å²) in [6, 6.07) is 11.5. The second-order valence-corrected chi connectivity index (χ2v) is 6.19. The van der Waals surface area contributed by atoms with Crippen molar-refractivity contribution in [2.75, 3.05) is 33.2 Å². The molecule has 0 unspecified atom stereocenters. The Bertz CT molecular complexity index is 783. The Morgan fingerprint density at radius 1 is 1.00 bits per heavy atom.